The van der Waals surface area contributed by atoms with Gasteiger partial charge in [0.15, 0.2) is 15.0 Å². The molecule has 0 bridgehead atoms. The largest absolute Gasteiger partial charge is 0.497 e. The Morgan fingerprint density at radius 2 is 1.63 bits per heavy atom. The predicted molar refractivity (Wildman–Crippen MR) is 118 cm³/mol. The fourth-order valence-electron chi connectivity index (χ4n) is 3.67. The molecule has 0 aliphatic carbocycles. The highest BCUT2D eigenvalue weighted by atomic mass is 32.2. The highest BCUT2D eigenvalue weighted by molar-refractivity contribution is 8.16. The fraction of sp³-hybridized carbons (Fsp3) is 0.333. The molecule has 1 amide bonds. The molecule has 0 radical (unpaired) electrons. The molecule has 2 atom stereocenters. The Kier molecular flexibility index (Phi) is 5.75. The van der Waals surface area contributed by atoms with Gasteiger partial charge in [-0.2, -0.15) is 4.99 Å². The van der Waals surface area contributed by atoms with Crippen molar-refractivity contribution in [3.8, 4) is 11.5 Å². The number of nitrogens with zero attached hydrogens (tertiary/aromatic N) is 2. The maximum atomic E-state index is 12.7. The van der Waals surface area contributed by atoms with E-state index < -0.39 is 9.84 Å². The number of hydrogen-bond acceptors (Lipinski definition) is 6. The Balaban J connectivity index is 1.60. The summed E-state index contributed by atoms with van der Waals surface area (Å²) in [7, 11) is 0.0745. The molecule has 30 heavy (non-hydrogen) atoms. The maximum Gasteiger partial charge on any atom is 0.252 e. The standard InChI is InChI=1S/C21H22N2O5S2/c1-27-16-7-3-14(4-8-16)11-20(24)22-21-23(15-5-9-17(28-2)10-6-15)18-12-30(25,26)13-19(18)29-21/h3-10,18-19H,11-13H2,1-2H3/t18-,19+/m1/s1. The van der Waals surface area contributed by atoms with Crippen LogP contribution in [0.15, 0.2) is 53.5 Å². The van der Waals surface area contributed by atoms with Gasteiger partial charge in [0.25, 0.3) is 5.91 Å². The molecule has 0 unspecified atom stereocenters. The zero-order chi connectivity index (χ0) is 21.3. The lowest BCUT2D eigenvalue weighted by atomic mass is 10.1. The third-order valence-electron chi connectivity index (χ3n) is 5.15. The number of fused-ring (bicyclic) bond motifs is 1. The zero-order valence-corrected chi connectivity index (χ0v) is 18.3. The van der Waals surface area contributed by atoms with Crippen molar-refractivity contribution < 1.29 is 22.7 Å². The maximum absolute atomic E-state index is 12.7. The average Bonchev–Trinajstić information content (AvgIpc) is 3.19. The van der Waals surface area contributed by atoms with Gasteiger partial charge in [-0.1, -0.05) is 23.9 Å². The summed E-state index contributed by atoms with van der Waals surface area (Å²) < 4.78 is 34.7. The van der Waals surface area contributed by atoms with Crippen LogP contribution in [0.1, 0.15) is 5.56 Å². The van der Waals surface area contributed by atoms with Crippen molar-refractivity contribution >= 4 is 38.4 Å². The number of anilines is 1. The van der Waals surface area contributed by atoms with Gasteiger partial charge in [-0.3, -0.25) is 4.79 Å². The normalized spacial score (nSPS) is 23.4. The second-order valence-corrected chi connectivity index (χ2v) is 10.5. The fourth-order valence-corrected chi connectivity index (χ4v) is 7.60. The number of methoxy groups -OCH3 is 2. The van der Waals surface area contributed by atoms with E-state index in [9.17, 15) is 13.2 Å². The topological polar surface area (TPSA) is 85.3 Å². The summed E-state index contributed by atoms with van der Waals surface area (Å²) in [5, 5.41) is 0.410. The van der Waals surface area contributed by atoms with E-state index in [1.54, 1.807) is 26.4 Å². The molecular formula is C21H22N2O5S2. The Bertz CT molecular complexity index is 1070. The van der Waals surface area contributed by atoms with E-state index in [0.717, 1.165) is 17.0 Å². The van der Waals surface area contributed by atoms with Crippen molar-refractivity contribution in [2.45, 2.75) is 17.7 Å². The van der Waals surface area contributed by atoms with E-state index >= 15 is 0 Å². The first-order chi connectivity index (χ1) is 14.4. The van der Waals surface area contributed by atoms with Crippen molar-refractivity contribution in [2.75, 3.05) is 30.6 Å². The number of rotatable bonds is 5. The Hall–Kier alpha value is -2.52. The molecule has 2 heterocycles. The Labute approximate surface area is 180 Å². The Morgan fingerprint density at radius 1 is 1.03 bits per heavy atom. The molecule has 4 rings (SSSR count). The van der Waals surface area contributed by atoms with Gasteiger partial charge in [-0.25, -0.2) is 8.42 Å². The van der Waals surface area contributed by atoms with Crippen LogP contribution in [-0.2, 0) is 21.1 Å². The average molecular weight is 447 g/mol. The van der Waals surface area contributed by atoms with Crippen molar-refractivity contribution in [2.24, 2.45) is 4.99 Å². The van der Waals surface area contributed by atoms with Crippen LogP contribution in [0.4, 0.5) is 5.69 Å². The number of benzene rings is 2. The SMILES string of the molecule is COc1ccc(CC(=O)N=C2S[C@H]3CS(=O)(=O)C[C@H]3N2c2ccc(OC)cc2)cc1. The molecule has 2 fully saturated rings. The number of aliphatic imine (C=N–C) groups is 1. The molecule has 0 N–H and O–H groups in total. The molecule has 0 saturated carbocycles. The van der Waals surface area contributed by atoms with E-state index in [1.807, 2.05) is 41.3 Å². The summed E-state index contributed by atoms with van der Waals surface area (Å²) in [5.74, 6) is 1.31. The van der Waals surface area contributed by atoms with Crippen LogP contribution in [0, 0.1) is 0 Å². The van der Waals surface area contributed by atoms with Gasteiger partial charge in [0.2, 0.25) is 0 Å². The number of amidine groups is 1. The van der Waals surface area contributed by atoms with Gasteiger partial charge in [0, 0.05) is 10.9 Å². The van der Waals surface area contributed by atoms with Crippen molar-refractivity contribution in [3.63, 3.8) is 0 Å². The minimum absolute atomic E-state index is 0.0579. The number of amides is 1. The van der Waals surface area contributed by atoms with Crippen molar-refractivity contribution in [3.05, 3.63) is 54.1 Å². The number of hydrogen-bond donors (Lipinski definition) is 0. The van der Waals surface area contributed by atoms with Gasteiger partial charge in [-0.05, 0) is 42.0 Å². The highest BCUT2D eigenvalue weighted by Gasteiger charge is 2.49. The second kappa shape index (κ2) is 8.31. The summed E-state index contributed by atoms with van der Waals surface area (Å²) in [6.45, 7) is 0. The summed E-state index contributed by atoms with van der Waals surface area (Å²) in [6.07, 6.45) is 0.165. The van der Waals surface area contributed by atoms with E-state index in [2.05, 4.69) is 4.99 Å². The van der Waals surface area contributed by atoms with Crippen LogP contribution in [-0.4, -0.2) is 56.5 Å². The minimum atomic E-state index is -3.11. The molecule has 2 aromatic carbocycles. The zero-order valence-electron chi connectivity index (χ0n) is 16.6. The second-order valence-electron chi connectivity index (χ2n) is 7.18. The molecule has 158 valence electrons. The minimum Gasteiger partial charge on any atom is -0.497 e. The Morgan fingerprint density at radius 3 is 2.23 bits per heavy atom. The van der Waals surface area contributed by atoms with Crippen LogP contribution in [0.25, 0.3) is 0 Å². The number of carbonyl (C=O) groups excluding carboxylic acids is 1. The lowest BCUT2D eigenvalue weighted by molar-refractivity contribution is -0.117. The molecule has 0 spiro atoms. The monoisotopic (exact) mass is 446 g/mol. The summed E-state index contributed by atoms with van der Waals surface area (Å²) in [4.78, 5) is 18.9. The molecule has 0 aromatic heterocycles. The lowest BCUT2D eigenvalue weighted by Gasteiger charge is -2.24. The predicted octanol–water partition coefficient (Wildman–Crippen LogP) is 2.55. The van der Waals surface area contributed by atoms with E-state index in [4.69, 9.17) is 9.47 Å². The smallest absolute Gasteiger partial charge is 0.252 e. The van der Waals surface area contributed by atoms with Gasteiger partial charge < -0.3 is 14.4 Å². The number of ether oxygens (including phenoxy) is 2. The highest BCUT2D eigenvalue weighted by Crippen LogP contribution is 2.41. The van der Waals surface area contributed by atoms with Crippen LogP contribution in [0.5, 0.6) is 11.5 Å². The van der Waals surface area contributed by atoms with Crippen LogP contribution < -0.4 is 14.4 Å². The van der Waals surface area contributed by atoms with Crippen molar-refractivity contribution in [1.29, 1.82) is 0 Å². The van der Waals surface area contributed by atoms with E-state index in [0.29, 0.717) is 10.9 Å². The van der Waals surface area contributed by atoms with Crippen LogP contribution >= 0.6 is 11.8 Å². The van der Waals surface area contributed by atoms with Crippen LogP contribution in [0.2, 0.25) is 0 Å². The first-order valence-electron chi connectivity index (χ1n) is 9.43. The van der Waals surface area contributed by atoms with E-state index in [1.165, 1.54) is 11.8 Å². The molecule has 2 saturated heterocycles. The molecule has 2 aliphatic heterocycles. The van der Waals surface area contributed by atoms with Gasteiger partial charge in [0.1, 0.15) is 11.5 Å². The third-order valence-corrected chi connectivity index (χ3v) is 8.36. The van der Waals surface area contributed by atoms with Gasteiger partial charge >= 0.3 is 0 Å². The van der Waals surface area contributed by atoms with E-state index in [-0.39, 0.29) is 35.1 Å². The van der Waals surface area contributed by atoms with Crippen molar-refractivity contribution in [1.82, 2.24) is 0 Å². The lowest BCUT2D eigenvalue weighted by Crippen LogP contribution is -2.37. The summed E-state index contributed by atoms with van der Waals surface area (Å²) in [6, 6.07) is 14.4. The molecule has 9 heteroatoms. The molecule has 2 aromatic rings. The number of sulfone groups is 1. The van der Waals surface area contributed by atoms with Gasteiger partial charge in [0.05, 0.1) is 38.2 Å². The molecule has 7 nitrogen and oxygen atoms in total. The molecular weight excluding hydrogens is 424 g/mol. The quantitative estimate of drug-likeness (QED) is 0.698. The first-order valence-corrected chi connectivity index (χ1v) is 12.1. The molecule has 2 aliphatic rings. The first kappa shape index (κ1) is 20.7. The van der Waals surface area contributed by atoms with Crippen LogP contribution in [0.3, 0.4) is 0 Å². The van der Waals surface area contributed by atoms with Gasteiger partial charge in [-0.15, -0.1) is 0 Å². The third kappa shape index (κ3) is 4.32. The number of carbonyl (C=O) groups is 1. The summed E-state index contributed by atoms with van der Waals surface area (Å²) >= 11 is 1.37. The summed E-state index contributed by atoms with van der Waals surface area (Å²) in [5.41, 5.74) is 1.64. The number of thioether (sulfide) groups is 1.